The molecule has 1 aromatic rings. The first kappa shape index (κ1) is 20.2. The fourth-order valence-electron chi connectivity index (χ4n) is 3.84. The molecule has 1 atom stereocenters. The number of nitrogens with two attached hydrogens (primary N) is 1. The van der Waals surface area contributed by atoms with Crippen LogP contribution < -0.4 is 15.8 Å². The van der Waals surface area contributed by atoms with E-state index in [9.17, 15) is 18.0 Å². The molecular formula is C17H26N4O4S2. The molecule has 1 fully saturated rings. The molecule has 1 aromatic heterocycles. The molecule has 2 amide bonds. The quantitative estimate of drug-likeness (QED) is 0.632. The van der Waals surface area contributed by atoms with Crippen LogP contribution in [0.4, 0.5) is 5.00 Å². The van der Waals surface area contributed by atoms with Crippen LogP contribution in [0.3, 0.4) is 0 Å². The van der Waals surface area contributed by atoms with Crippen molar-refractivity contribution in [3.05, 3.63) is 16.0 Å². The van der Waals surface area contributed by atoms with Crippen LogP contribution in [0.1, 0.15) is 47.0 Å². The number of carbonyl (C=O) groups excluding carboxylic acids is 2. The number of likely N-dealkylation sites (tertiary alicyclic amines) is 1. The Hall–Kier alpha value is -1.49. The largest absolute Gasteiger partial charge is 0.365 e. The summed E-state index contributed by atoms with van der Waals surface area (Å²) < 4.78 is 25.3. The maximum absolute atomic E-state index is 12.7. The third-order valence-electron chi connectivity index (χ3n) is 5.24. The number of rotatable bonds is 6. The number of amides is 2. The summed E-state index contributed by atoms with van der Waals surface area (Å²) in [4.78, 5) is 27.7. The zero-order chi connectivity index (χ0) is 19.8. The fraction of sp³-hybridized carbons (Fsp3) is 0.647. The van der Waals surface area contributed by atoms with E-state index in [1.165, 1.54) is 11.3 Å². The van der Waals surface area contributed by atoms with Crippen molar-refractivity contribution in [2.75, 3.05) is 24.7 Å². The lowest BCUT2D eigenvalue weighted by Crippen LogP contribution is -2.50. The van der Waals surface area contributed by atoms with Crippen LogP contribution in [0.15, 0.2) is 0 Å². The molecule has 0 aromatic carbocycles. The number of hydrogen-bond donors (Lipinski definition) is 3. The van der Waals surface area contributed by atoms with Crippen LogP contribution in [0.2, 0.25) is 0 Å². The maximum Gasteiger partial charge on any atom is 0.251 e. The molecule has 3 rings (SSSR count). The van der Waals surface area contributed by atoms with Crippen molar-refractivity contribution in [2.24, 2.45) is 5.73 Å². The number of sulfonamides is 1. The Morgan fingerprint density at radius 2 is 1.93 bits per heavy atom. The summed E-state index contributed by atoms with van der Waals surface area (Å²) in [6.07, 6.45) is 5.24. The second-order valence-corrected chi connectivity index (χ2v) is 10.2. The normalized spacial score (nSPS) is 19.6. The van der Waals surface area contributed by atoms with E-state index in [1.54, 1.807) is 0 Å². The molecular weight excluding hydrogens is 388 g/mol. The van der Waals surface area contributed by atoms with Gasteiger partial charge in [0.15, 0.2) is 0 Å². The lowest BCUT2D eigenvalue weighted by molar-refractivity contribution is -0.121. The van der Waals surface area contributed by atoms with Gasteiger partial charge in [-0.25, -0.2) is 13.1 Å². The molecule has 0 bridgehead atoms. The van der Waals surface area contributed by atoms with E-state index in [2.05, 4.69) is 10.0 Å². The second-order valence-electron chi connectivity index (χ2n) is 7.29. The summed E-state index contributed by atoms with van der Waals surface area (Å²) in [6.45, 7) is 3.08. The SMILES string of the molecule is CC(C(=O)Nc1sc2c(c1C(N)=O)CCC2)N1CCC(NS(C)(=O)=O)CC1. The van der Waals surface area contributed by atoms with Crippen molar-refractivity contribution in [1.29, 1.82) is 0 Å². The van der Waals surface area contributed by atoms with Gasteiger partial charge in [-0.2, -0.15) is 0 Å². The highest BCUT2D eigenvalue weighted by atomic mass is 32.2. The Morgan fingerprint density at radius 3 is 2.52 bits per heavy atom. The van der Waals surface area contributed by atoms with E-state index in [4.69, 9.17) is 5.73 Å². The highest BCUT2D eigenvalue weighted by Crippen LogP contribution is 2.39. The highest BCUT2D eigenvalue weighted by Gasteiger charge is 2.30. The number of nitrogens with one attached hydrogen (secondary N) is 2. The lowest BCUT2D eigenvalue weighted by Gasteiger charge is -2.35. The predicted octanol–water partition coefficient (Wildman–Crippen LogP) is 0.676. The predicted molar refractivity (Wildman–Crippen MR) is 106 cm³/mol. The Bertz CT molecular complexity index is 841. The van der Waals surface area contributed by atoms with Gasteiger partial charge in [0.25, 0.3) is 5.91 Å². The van der Waals surface area contributed by atoms with E-state index in [0.29, 0.717) is 36.5 Å². The Balaban J connectivity index is 1.62. The number of carbonyl (C=O) groups is 2. The van der Waals surface area contributed by atoms with E-state index in [0.717, 1.165) is 36.0 Å². The molecule has 8 nitrogen and oxygen atoms in total. The minimum Gasteiger partial charge on any atom is -0.365 e. The van der Waals surface area contributed by atoms with Crippen molar-refractivity contribution in [2.45, 2.75) is 51.1 Å². The van der Waals surface area contributed by atoms with Crippen LogP contribution >= 0.6 is 11.3 Å². The van der Waals surface area contributed by atoms with Crippen LogP contribution in [-0.4, -0.2) is 56.6 Å². The zero-order valence-corrected chi connectivity index (χ0v) is 17.2. The first-order valence-corrected chi connectivity index (χ1v) is 11.8. The summed E-state index contributed by atoms with van der Waals surface area (Å²) >= 11 is 1.45. The van der Waals surface area contributed by atoms with Crippen molar-refractivity contribution < 1.29 is 18.0 Å². The third kappa shape index (κ3) is 4.68. The van der Waals surface area contributed by atoms with Gasteiger partial charge in [-0.15, -0.1) is 11.3 Å². The molecule has 2 aliphatic rings. The van der Waals surface area contributed by atoms with Gasteiger partial charge in [0.1, 0.15) is 5.00 Å². The average Bonchev–Trinajstić information content (AvgIpc) is 3.13. The Labute approximate surface area is 163 Å². The van der Waals surface area contributed by atoms with Gasteiger partial charge in [-0.3, -0.25) is 14.5 Å². The molecule has 0 radical (unpaired) electrons. The van der Waals surface area contributed by atoms with Crippen molar-refractivity contribution in [1.82, 2.24) is 9.62 Å². The molecule has 1 unspecified atom stereocenters. The van der Waals surface area contributed by atoms with E-state index in [-0.39, 0.29) is 18.0 Å². The molecule has 4 N–H and O–H groups in total. The van der Waals surface area contributed by atoms with Crippen molar-refractivity contribution in [3.8, 4) is 0 Å². The van der Waals surface area contributed by atoms with Gasteiger partial charge in [-0.05, 0) is 44.6 Å². The van der Waals surface area contributed by atoms with Gasteiger partial charge in [0.05, 0.1) is 17.9 Å². The highest BCUT2D eigenvalue weighted by molar-refractivity contribution is 7.88. The average molecular weight is 415 g/mol. The van der Waals surface area contributed by atoms with Crippen LogP contribution in [0, 0.1) is 0 Å². The molecule has 0 saturated carbocycles. The number of thiophene rings is 1. The van der Waals surface area contributed by atoms with Gasteiger partial charge in [0.2, 0.25) is 15.9 Å². The van der Waals surface area contributed by atoms with Gasteiger partial charge in [-0.1, -0.05) is 0 Å². The molecule has 150 valence electrons. The summed E-state index contributed by atoms with van der Waals surface area (Å²) in [6, 6.07) is -0.463. The van der Waals surface area contributed by atoms with Gasteiger partial charge in [0, 0.05) is 24.0 Å². The smallest absolute Gasteiger partial charge is 0.251 e. The molecule has 1 saturated heterocycles. The van der Waals surface area contributed by atoms with Gasteiger partial charge < -0.3 is 11.1 Å². The molecule has 2 heterocycles. The lowest BCUT2D eigenvalue weighted by atomic mass is 10.0. The van der Waals surface area contributed by atoms with Crippen LogP contribution in [0.25, 0.3) is 0 Å². The van der Waals surface area contributed by atoms with E-state index < -0.39 is 15.9 Å². The monoisotopic (exact) mass is 414 g/mol. The number of fused-ring (bicyclic) bond motifs is 1. The summed E-state index contributed by atoms with van der Waals surface area (Å²) in [5.74, 6) is -0.669. The minimum atomic E-state index is -3.22. The number of piperidine rings is 1. The standard InChI is InChI=1S/C17H26N4O4S2/c1-10(21-8-6-11(7-9-21)20-27(2,24)25)16(23)19-17-14(15(18)22)12-4-3-5-13(12)26-17/h10-11,20H,3-9H2,1-2H3,(H2,18,22)(H,19,23). The topological polar surface area (TPSA) is 122 Å². The minimum absolute atomic E-state index is 0.0896. The summed E-state index contributed by atoms with van der Waals surface area (Å²) in [5.41, 5.74) is 6.99. The van der Waals surface area contributed by atoms with E-state index in [1.807, 2.05) is 11.8 Å². The Kier molecular flexibility index (Phi) is 5.90. The number of hydrogen-bond acceptors (Lipinski definition) is 6. The Morgan fingerprint density at radius 1 is 1.26 bits per heavy atom. The number of aryl methyl sites for hydroxylation is 1. The molecule has 1 aliphatic carbocycles. The maximum atomic E-state index is 12.7. The fourth-order valence-corrected chi connectivity index (χ4v) is 5.98. The molecule has 1 aliphatic heterocycles. The van der Waals surface area contributed by atoms with Gasteiger partial charge >= 0.3 is 0 Å². The van der Waals surface area contributed by atoms with Crippen molar-refractivity contribution in [3.63, 3.8) is 0 Å². The molecule has 10 heteroatoms. The first-order chi connectivity index (χ1) is 12.7. The zero-order valence-electron chi connectivity index (χ0n) is 15.6. The van der Waals surface area contributed by atoms with Crippen LogP contribution in [0.5, 0.6) is 0 Å². The second kappa shape index (κ2) is 7.86. The third-order valence-corrected chi connectivity index (χ3v) is 7.21. The van der Waals surface area contributed by atoms with E-state index >= 15 is 0 Å². The number of primary amides is 1. The number of nitrogens with zero attached hydrogens (tertiary/aromatic N) is 1. The molecule has 27 heavy (non-hydrogen) atoms. The van der Waals surface area contributed by atoms with Crippen LogP contribution in [-0.2, 0) is 27.7 Å². The molecule has 0 spiro atoms. The summed E-state index contributed by atoms with van der Waals surface area (Å²) in [5, 5.41) is 3.45. The number of anilines is 1. The summed E-state index contributed by atoms with van der Waals surface area (Å²) in [7, 11) is -3.22. The first-order valence-electron chi connectivity index (χ1n) is 9.12. The van der Waals surface area contributed by atoms with Crippen molar-refractivity contribution >= 4 is 38.2 Å².